The summed E-state index contributed by atoms with van der Waals surface area (Å²) in [5.74, 6) is 0.486. The number of hydrogen-bond acceptors (Lipinski definition) is 3. The van der Waals surface area contributed by atoms with Gasteiger partial charge in [0.2, 0.25) is 0 Å². The van der Waals surface area contributed by atoms with Crippen molar-refractivity contribution in [2.45, 2.75) is 6.04 Å². The lowest BCUT2D eigenvalue weighted by atomic mass is 10.3. The predicted molar refractivity (Wildman–Crippen MR) is 60.4 cm³/mol. The Morgan fingerprint density at radius 1 is 1.53 bits per heavy atom. The van der Waals surface area contributed by atoms with Gasteiger partial charge in [-0.3, -0.25) is 0 Å². The van der Waals surface area contributed by atoms with Gasteiger partial charge in [0, 0.05) is 11.1 Å². The van der Waals surface area contributed by atoms with Crippen LogP contribution < -0.4 is 10.1 Å². The average molecular weight is 245 g/mol. The second-order valence-electron chi connectivity index (χ2n) is 2.86. The van der Waals surface area contributed by atoms with E-state index in [1.54, 1.807) is 25.2 Å². The standard InChI is InChI=1S/C10H10Cl2N2O/c1-14-8(5-13)6-15-10-4-7(11)2-3-9(10)12/h2-4,8,14H,6H2,1H3. The molecule has 0 aliphatic rings. The van der Waals surface area contributed by atoms with Crippen LogP contribution >= 0.6 is 23.2 Å². The lowest BCUT2D eigenvalue weighted by Gasteiger charge is -2.11. The van der Waals surface area contributed by atoms with Gasteiger partial charge >= 0.3 is 0 Å². The molecule has 5 heteroatoms. The zero-order chi connectivity index (χ0) is 11.3. The van der Waals surface area contributed by atoms with E-state index >= 15 is 0 Å². The molecule has 1 aromatic rings. The predicted octanol–water partition coefficient (Wildman–Crippen LogP) is 2.48. The van der Waals surface area contributed by atoms with Crippen molar-refractivity contribution in [3.63, 3.8) is 0 Å². The molecular weight excluding hydrogens is 235 g/mol. The summed E-state index contributed by atoms with van der Waals surface area (Å²) in [6.07, 6.45) is 0. The molecule has 0 spiro atoms. The Morgan fingerprint density at radius 3 is 2.87 bits per heavy atom. The molecule has 0 fully saturated rings. The highest BCUT2D eigenvalue weighted by Gasteiger charge is 2.07. The molecule has 1 rings (SSSR count). The lowest BCUT2D eigenvalue weighted by Crippen LogP contribution is -2.29. The van der Waals surface area contributed by atoms with Crippen LogP contribution in [0.25, 0.3) is 0 Å². The van der Waals surface area contributed by atoms with Gasteiger partial charge < -0.3 is 10.1 Å². The number of benzene rings is 1. The molecule has 0 aliphatic carbocycles. The number of likely N-dealkylation sites (N-methyl/N-ethyl adjacent to an activating group) is 1. The topological polar surface area (TPSA) is 45.0 Å². The Morgan fingerprint density at radius 2 is 2.27 bits per heavy atom. The number of hydrogen-bond donors (Lipinski definition) is 1. The molecule has 0 heterocycles. The van der Waals surface area contributed by atoms with Crippen LogP contribution in [-0.2, 0) is 0 Å². The van der Waals surface area contributed by atoms with Gasteiger partial charge in [0.05, 0.1) is 11.1 Å². The van der Waals surface area contributed by atoms with Gasteiger partial charge in [-0.2, -0.15) is 5.26 Å². The van der Waals surface area contributed by atoms with Gasteiger partial charge in [-0.05, 0) is 19.2 Å². The molecule has 1 N–H and O–H groups in total. The van der Waals surface area contributed by atoms with Crippen molar-refractivity contribution in [2.24, 2.45) is 0 Å². The summed E-state index contributed by atoms with van der Waals surface area (Å²) >= 11 is 11.7. The van der Waals surface area contributed by atoms with Crippen molar-refractivity contribution in [1.82, 2.24) is 5.32 Å². The van der Waals surface area contributed by atoms with E-state index in [1.807, 2.05) is 6.07 Å². The Labute approximate surface area is 98.6 Å². The van der Waals surface area contributed by atoms with Crippen LogP contribution in [0.1, 0.15) is 0 Å². The molecule has 0 aliphatic heterocycles. The van der Waals surface area contributed by atoms with Crippen molar-refractivity contribution < 1.29 is 4.74 Å². The van der Waals surface area contributed by atoms with Crippen LogP contribution in [-0.4, -0.2) is 19.7 Å². The molecule has 0 saturated carbocycles. The van der Waals surface area contributed by atoms with Crippen LogP contribution in [0, 0.1) is 11.3 Å². The molecule has 1 aromatic carbocycles. The highest BCUT2D eigenvalue weighted by molar-refractivity contribution is 6.34. The summed E-state index contributed by atoms with van der Waals surface area (Å²) in [7, 11) is 1.69. The quantitative estimate of drug-likeness (QED) is 0.886. The van der Waals surface area contributed by atoms with Crippen molar-refractivity contribution in [3.05, 3.63) is 28.2 Å². The van der Waals surface area contributed by atoms with Crippen LogP contribution in [0.2, 0.25) is 10.0 Å². The second kappa shape index (κ2) is 5.82. The Kier molecular flexibility index (Phi) is 4.70. The van der Waals surface area contributed by atoms with Crippen molar-refractivity contribution in [3.8, 4) is 11.8 Å². The molecule has 1 unspecified atom stereocenters. The van der Waals surface area contributed by atoms with E-state index in [0.717, 1.165) is 0 Å². The van der Waals surface area contributed by atoms with Crippen molar-refractivity contribution in [1.29, 1.82) is 5.26 Å². The first kappa shape index (κ1) is 12.1. The first-order chi connectivity index (χ1) is 7.17. The van der Waals surface area contributed by atoms with E-state index in [4.69, 9.17) is 33.2 Å². The minimum atomic E-state index is -0.361. The smallest absolute Gasteiger partial charge is 0.139 e. The summed E-state index contributed by atoms with van der Waals surface area (Å²) in [5.41, 5.74) is 0. The maximum atomic E-state index is 8.68. The van der Waals surface area contributed by atoms with Crippen molar-refractivity contribution >= 4 is 23.2 Å². The first-order valence-corrected chi connectivity index (χ1v) is 5.07. The third-order valence-corrected chi connectivity index (χ3v) is 2.35. The average Bonchev–Trinajstić information content (AvgIpc) is 2.24. The molecule has 15 heavy (non-hydrogen) atoms. The minimum Gasteiger partial charge on any atom is -0.489 e. The van der Waals surface area contributed by atoms with Gasteiger partial charge in [-0.25, -0.2) is 0 Å². The van der Waals surface area contributed by atoms with E-state index in [-0.39, 0.29) is 12.6 Å². The van der Waals surface area contributed by atoms with Crippen LogP contribution in [0.3, 0.4) is 0 Å². The molecule has 0 saturated heterocycles. The maximum absolute atomic E-state index is 8.68. The fourth-order valence-electron chi connectivity index (χ4n) is 0.946. The fourth-order valence-corrected chi connectivity index (χ4v) is 1.28. The van der Waals surface area contributed by atoms with Crippen LogP contribution in [0.4, 0.5) is 0 Å². The molecule has 3 nitrogen and oxygen atoms in total. The number of nitrogens with zero attached hydrogens (tertiary/aromatic N) is 1. The summed E-state index contributed by atoms with van der Waals surface area (Å²) in [5, 5.41) is 12.5. The highest BCUT2D eigenvalue weighted by atomic mass is 35.5. The fraction of sp³-hybridized carbons (Fsp3) is 0.300. The van der Waals surface area contributed by atoms with E-state index in [1.165, 1.54) is 0 Å². The minimum absolute atomic E-state index is 0.229. The highest BCUT2D eigenvalue weighted by Crippen LogP contribution is 2.27. The molecular formula is C10H10Cl2N2O. The summed E-state index contributed by atoms with van der Waals surface area (Å²) < 4.78 is 5.36. The third kappa shape index (κ3) is 3.60. The number of ether oxygens (including phenoxy) is 1. The Hall–Kier alpha value is -0.950. The van der Waals surface area contributed by atoms with Crippen molar-refractivity contribution in [2.75, 3.05) is 13.7 Å². The number of rotatable bonds is 4. The molecule has 0 bridgehead atoms. The second-order valence-corrected chi connectivity index (χ2v) is 3.70. The normalized spacial score (nSPS) is 11.9. The van der Waals surface area contributed by atoms with E-state index < -0.39 is 0 Å². The summed E-state index contributed by atoms with van der Waals surface area (Å²) in [4.78, 5) is 0. The van der Waals surface area contributed by atoms with E-state index in [9.17, 15) is 0 Å². The van der Waals surface area contributed by atoms with Crippen LogP contribution in [0.15, 0.2) is 18.2 Å². The first-order valence-electron chi connectivity index (χ1n) is 4.32. The SMILES string of the molecule is CNC(C#N)COc1cc(Cl)ccc1Cl. The molecule has 0 aromatic heterocycles. The number of nitrogens with one attached hydrogen (secondary N) is 1. The zero-order valence-corrected chi connectivity index (χ0v) is 9.64. The Balaban J connectivity index is 2.65. The van der Waals surface area contributed by atoms with E-state index in [0.29, 0.717) is 15.8 Å². The van der Waals surface area contributed by atoms with Gasteiger partial charge in [0.15, 0.2) is 0 Å². The molecule has 0 amide bonds. The van der Waals surface area contributed by atoms with Gasteiger partial charge in [-0.1, -0.05) is 23.2 Å². The van der Waals surface area contributed by atoms with Gasteiger partial charge in [0.25, 0.3) is 0 Å². The summed E-state index contributed by atoms with van der Waals surface area (Å²) in [6.45, 7) is 0.229. The summed E-state index contributed by atoms with van der Waals surface area (Å²) in [6, 6.07) is 6.63. The van der Waals surface area contributed by atoms with Crippen LogP contribution in [0.5, 0.6) is 5.75 Å². The molecule has 80 valence electrons. The molecule has 1 atom stereocenters. The molecule has 0 radical (unpaired) electrons. The Bertz CT molecular complexity index is 376. The van der Waals surface area contributed by atoms with Gasteiger partial charge in [-0.15, -0.1) is 0 Å². The largest absolute Gasteiger partial charge is 0.489 e. The lowest BCUT2D eigenvalue weighted by molar-refractivity contribution is 0.295. The van der Waals surface area contributed by atoms with Gasteiger partial charge in [0.1, 0.15) is 18.4 Å². The third-order valence-electron chi connectivity index (χ3n) is 1.80. The number of nitriles is 1. The van der Waals surface area contributed by atoms with E-state index in [2.05, 4.69) is 5.32 Å². The maximum Gasteiger partial charge on any atom is 0.139 e. The monoisotopic (exact) mass is 244 g/mol. The zero-order valence-electron chi connectivity index (χ0n) is 8.13. The number of halogens is 2.